The number of carbonyl (C=O) groups is 2. The molecule has 0 unspecified atom stereocenters. The second-order valence-corrected chi connectivity index (χ2v) is 2.64. The Kier molecular flexibility index (Phi) is 4.43. The number of ketones is 1. The molecule has 0 aromatic heterocycles. The SMILES string of the molecule is CC(=O)[C@H](N)C[C@@H](C[18F])C(=O)O. The topological polar surface area (TPSA) is 80.4 Å². The molecule has 0 aliphatic carbocycles. The van der Waals surface area contributed by atoms with Gasteiger partial charge in [-0.05, 0) is 13.3 Å². The molecule has 0 aliphatic heterocycles. The predicted octanol–water partition coefficient (Wildman–Crippen LogP) is -0.0369. The summed E-state index contributed by atoms with van der Waals surface area (Å²) in [5.74, 6) is -2.74. The fraction of sp³-hybridized carbons (Fsp3) is 0.714. The number of halogens is 1. The Morgan fingerprint density at radius 3 is 2.33 bits per heavy atom. The van der Waals surface area contributed by atoms with Crippen molar-refractivity contribution >= 4 is 11.8 Å². The predicted molar refractivity (Wildman–Crippen MR) is 40.4 cm³/mol. The molecule has 0 spiro atoms. The maximum absolute atomic E-state index is 12.0. The minimum Gasteiger partial charge on any atom is -0.481 e. The molecule has 0 aromatic rings. The van der Waals surface area contributed by atoms with Gasteiger partial charge in [-0.25, -0.2) is 0 Å². The summed E-state index contributed by atoms with van der Waals surface area (Å²) in [7, 11) is 0. The first-order valence-corrected chi connectivity index (χ1v) is 3.53. The van der Waals surface area contributed by atoms with E-state index in [9.17, 15) is 14.0 Å². The summed E-state index contributed by atoms with van der Waals surface area (Å²) < 4.78 is 12.0. The summed E-state index contributed by atoms with van der Waals surface area (Å²) in [5, 5.41) is 8.40. The monoisotopic (exact) mass is 176 g/mol. The van der Waals surface area contributed by atoms with Crippen LogP contribution in [0.4, 0.5) is 4.39 Å². The van der Waals surface area contributed by atoms with Crippen LogP contribution in [0, 0.1) is 5.92 Å². The molecular formula is C7H12FNO3. The molecular weight excluding hydrogens is 164 g/mol. The summed E-state index contributed by atoms with van der Waals surface area (Å²) >= 11 is 0. The zero-order chi connectivity index (χ0) is 9.72. The highest BCUT2D eigenvalue weighted by Gasteiger charge is 2.22. The van der Waals surface area contributed by atoms with E-state index in [-0.39, 0.29) is 12.2 Å². The number of nitrogens with two attached hydrogens (primary N) is 1. The molecule has 0 saturated carbocycles. The average Bonchev–Trinajstić information content (AvgIpc) is 1.98. The largest absolute Gasteiger partial charge is 0.481 e. The van der Waals surface area contributed by atoms with Crippen LogP contribution >= 0.6 is 0 Å². The van der Waals surface area contributed by atoms with Crippen molar-refractivity contribution in [3.8, 4) is 0 Å². The lowest BCUT2D eigenvalue weighted by Gasteiger charge is -2.11. The number of carboxylic acids is 1. The molecule has 5 heteroatoms. The van der Waals surface area contributed by atoms with Crippen molar-refractivity contribution in [2.45, 2.75) is 19.4 Å². The number of hydrogen-bond acceptors (Lipinski definition) is 3. The maximum atomic E-state index is 12.0. The quantitative estimate of drug-likeness (QED) is 0.616. The Labute approximate surface area is 69.6 Å². The van der Waals surface area contributed by atoms with E-state index >= 15 is 0 Å². The van der Waals surface area contributed by atoms with Crippen LogP contribution in [0.2, 0.25) is 0 Å². The van der Waals surface area contributed by atoms with E-state index in [0.29, 0.717) is 0 Å². The molecule has 0 saturated heterocycles. The highest BCUT2D eigenvalue weighted by molar-refractivity contribution is 5.82. The third-order valence-electron chi connectivity index (χ3n) is 1.60. The molecule has 0 heterocycles. The molecule has 4 nitrogen and oxygen atoms in total. The van der Waals surface area contributed by atoms with Crippen LogP contribution in [-0.2, 0) is 9.59 Å². The van der Waals surface area contributed by atoms with E-state index in [1.54, 1.807) is 0 Å². The molecule has 0 bridgehead atoms. The normalized spacial score (nSPS) is 15.2. The lowest BCUT2D eigenvalue weighted by Crippen LogP contribution is -2.33. The van der Waals surface area contributed by atoms with Gasteiger partial charge in [-0.3, -0.25) is 14.0 Å². The lowest BCUT2D eigenvalue weighted by molar-refractivity contribution is -0.142. The van der Waals surface area contributed by atoms with Crippen LogP contribution in [0.1, 0.15) is 13.3 Å². The Morgan fingerprint density at radius 1 is 1.58 bits per heavy atom. The standard InChI is InChI=1S/C7H12FNO3/c1-4(10)6(9)2-5(3-8)7(11)12/h5-6H,2-3,9H2,1H3,(H,11,12)/t5-,6+/m0/s1/i8-1. The molecule has 0 fully saturated rings. The Bertz CT molecular complexity index is 183. The van der Waals surface area contributed by atoms with Crippen LogP contribution in [0.15, 0.2) is 0 Å². The van der Waals surface area contributed by atoms with Crippen LogP contribution in [0.5, 0.6) is 0 Å². The third-order valence-corrected chi connectivity index (χ3v) is 1.60. The number of Topliss-reactive ketones (excluding diaryl/α,β-unsaturated/α-hetero) is 1. The van der Waals surface area contributed by atoms with E-state index in [1.165, 1.54) is 6.92 Å². The van der Waals surface area contributed by atoms with Gasteiger partial charge in [0.2, 0.25) is 0 Å². The molecule has 12 heavy (non-hydrogen) atoms. The zero-order valence-corrected chi connectivity index (χ0v) is 6.79. The van der Waals surface area contributed by atoms with Gasteiger partial charge in [0.05, 0.1) is 12.0 Å². The fourth-order valence-electron chi connectivity index (χ4n) is 0.702. The van der Waals surface area contributed by atoms with Gasteiger partial charge in [0.25, 0.3) is 0 Å². The van der Waals surface area contributed by atoms with Crippen LogP contribution in [0.25, 0.3) is 0 Å². The van der Waals surface area contributed by atoms with Crippen molar-refractivity contribution in [1.29, 1.82) is 0 Å². The molecule has 3 N–H and O–H groups in total. The Morgan fingerprint density at radius 2 is 2.08 bits per heavy atom. The summed E-state index contributed by atoms with van der Waals surface area (Å²) in [6.45, 7) is 0.262. The summed E-state index contributed by atoms with van der Waals surface area (Å²) in [4.78, 5) is 20.9. The zero-order valence-electron chi connectivity index (χ0n) is 6.79. The van der Waals surface area contributed by atoms with Gasteiger partial charge in [0.15, 0.2) is 0 Å². The molecule has 0 radical (unpaired) electrons. The molecule has 0 rings (SSSR count). The Hall–Kier alpha value is -0.970. The summed E-state index contributed by atoms with van der Waals surface area (Å²) in [5.41, 5.74) is 5.25. The van der Waals surface area contributed by atoms with Gasteiger partial charge in [-0.2, -0.15) is 0 Å². The highest BCUT2D eigenvalue weighted by atomic mass is 18.2. The van der Waals surface area contributed by atoms with Crippen molar-refractivity contribution < 1.29 is 19.1 Å². The molecule has 70 valence electrons. The number of hydrogen-bond donors (Lipinski definition) is 2. The summed E-state index contributed by atoms with van der Waals surface area (Å²) in [6, 6.07) is -0.873. The van der Waals surface area contributed by atoms with Crippen LogP contribution < -0.4 is 5.73 Å². The lowest BCUT2D eigenvalue weighted by atomic mass is 10.00. The van der Waals surface area contributed by atoms with Gasteiger partial charge in [-0.15, -0.1) is 0 Å². The minimum atomic E-state index is -1.26. The number of carboxylic acid groups (broad SMARTS) is 1. The first-order valence-electron chi connectivity index (χ1n) is 3.53. The van der Waals surface area contributed by atoms with E-state index in [1.807, 2.05) is 0 Å². The van der Waals surface area contributed by atoms with Gasteiger partial charge in [0, 0.05) is 0 Å². The number of aliphatic carboxylic acids is 1. The number of carbonyl (C=O) groups excluding carboxylic acids is 1. The minimum absolute atomic E-state index is 0.138. The van der Waals surface area contributed by atoms with E-state index in [0.717, 1.165) is 0 Å². The van der Waals surface area contributed by atoms with Crippen molar-refractivity contribution in [3.05, 3.63) is 0 Å². The molecule has 0 aliphatic rings. The van der Waals surface area contributed by atoms with Crippen molar-refractivity contribution in [1.82, 2.24) is 0 Å². The summed E-state index contributed by atoms with van der Waals surface area (Å²) in [6.07, 6.45) is -0.138. The van der Waals surface area contributed by atoms with Gasteiger partial charge < -0.3 is 10.8 Å². The smallest absolute Gasteiger partial charge is 0.309 e. The third kappa shape index (κ3) is 3.43. The number of alkyl halides is 1. The molecule has 2 atom stereocenters. The highest BCUT2D eigenvalue weighted by Crippen LogP contribution is 2.07. The van der Waals surface area contributed by atoms with Gasteiger partial charge in [0.1, 0.15) is 12.5 Å². The second kappa shape index (κ2) is 4.82. The van der Waals surface area contributed by atoms with Gasteiger partial charge >= 0.3 is 5.97 Å². The first kappa shape index (κ1) is 11.0. The van der Waals surface area contributed by atoms with E-state index in [2.05, 4.69) is 0 Å². The van der Waals surface area contributed by atoms with Crippen molar-refractivity contribution in [2.24, 2.45) is 11.7 Å². The Balaban J connectivity index is 4.02. The maximum Gasteiger partial charge on any atom is 0.309 e. The molecule has 0 aromatic carbocycles. The average molecular weight is 176 g/mol. The fourth-order valence-corrected chi connectivity index (χ4v) is 0.702. The second-order valence-electron chi connectivity index (χ2n) is 2.64. The van der Waals surface area contributed by atoms with E-state index in [4.69, 9.17) is 10.8 Å². The van der Waals surface area contributed by atoms with Crippen LogP contribution in [-0.4, -0.2) is 29.6 Å². The van der Waals surface area contributed by atoms with Crippen molar-refractivity contribution in [2.75, 3.05) is 6.67 Å². The first-order chi connectivity index (χ1) is 5.49. The molecule has 0 amide bonds. The van der Waals surface area contributed by atoms with Crippen LogP contribution in [0.3, 0.4) is 0 Å². The van der Waals surface area contributed by atoms with Gasteiger partial charge in [-0.1, -0.05) is 0 Å². The van der Waals surface area contributed by atoms with Crippen molar-refractivity contribution in [3.63, 3.8) is 0 Å². The number of rotatable bonds is 5. The van der Waals surface area contributed by atoms with E-state index < -0.39 is 24.6 Å².